The lowest BCUT2D eigenvalue weighted by Gasteiger charge is -2.34. The fourth-order valence-corrected chi connectivity index (χ4v) is 4.07. The zero-order valence-electron chi connectivity index (χ0n) is 16.5. The number of guanidine groups is 1. The molecular formula is C20H32N4O2. The van der Waals surface area contributed by atoms with E-state index in [9.17, 15) is 0 Å². The van der Waals surface area contributed by atoms with Crippen LogP contribution in [0.1, 0.15) is 24.0 Å². The standard InChI is InChI=1S/C20H32N4O2/c1-21-20(22-12-15-6-5-8-23(2)13-15)24-9-7-16-10-18(25-3)19(26-4)11-17(16)14-24/h10-11,15H,5-9,12-14H2,1-4H3,(H,21,22). The summed E-state index contributed by atoms with van der Waals surface area (Å²) in [5.74, 6) is 3.30. The van der Waals surface area contributed by atoms with Crippen LogP contribution in [0.15, 0.2) is 17.1 Å². The van der Waals surface area contributed by atoms with Crippen LogP contribution in [-0.4, -0.2) is 70.3 Å². The molecule has 2 heterocycles. The molecule has 6 heteroatoms. The first-order chi connectivity index (χ1) is 12.6. The van der Waals surface area contributed by atoms with Gasteiger partial charge >= 0.3 is 0 Å². The summed E-state index contributed by atoms with van der Waals surface area (Å²) in [6.45, 7) is 5.20. The molecule has 0 aliphatic carbocycles. The maximum absolute atomic E-state index is 5.47. The number of benzene rings is 1. The highest BCUT2D eigenvalue weighted by molar-refractivity contribution is 5.80. The molecule has 0 bridgehead atoms. The molecule has 0 spiro atoms. The van der Waals surface area contributed by atoms with Gasteiger partial charge in [0, 0.05) is 33.2 Å². The Morgan fingerprint density at radius 1 is 1.19 bits per heavy atom. The maximum Gasteiger partial charge on any atom is 0.193 e. The zero-order valence-corrected chi connectivity index (χ0v) is 16.5. The lowest BCUT2D eigenvalue weighted by molar-refractivity contribution is 0.209. The van der Waals surface area contributed by atoms with E-state index in [2.05, 4.69) is 39.3 Å². The first-order valence-electron chi connectivity index (χ1n) is 9.52. The Labute approximate surface area is 157 Å². The molecule has 0 saturated carbocycles. The number of methoxy groups -OCH3 is 2. The van der Waals surface area contributed by atoms with E-state index >= 15 is 0 Å². The second-order valence-electron chi connectivity index (χ2n) is 7.35. The van der Waals surface area contributed by atoms with E-state index in [0.717, 1.165) is 43.5 Å². The van der Waals surface area contributed by atoms with Gasteiger partial charge in [0.05, 0.1) is 14.2 Å². The van der Waals surface area contributed by atoms with Gasteiger partial charge in [-0.1, -0.05) is 0 Å². The number of piperidine rings is 1. The molecule has 0 aromatic heterocycles. The van der Waals surface area contributed by atoms with Gasteiger partial charge in [-0.3, -0.25) is 4.99 Å². The Morgan fingerprint density at radius 3 is 2.58 bits per heavy atom. The Kier molecular flexibility index (Phi) is 6.25. The number of hydrogen-bond donors (Lipinski definition) is 1. The summed E-state index contributed by atoms with van der Waals surface area (Å²) in [7, 11) is 7.46. The zero-order chi connectivity index (χ0) is 18.5. The summed E-state index contributed by atoms with van der Waals surface area (Å²) < 4.78 is 10.9. The SMILES string of the molecule is CN=C(NCC1CCCN(C)C1)N1CCc2cc(OC)c(OC)cc2C1. The number of likely N-dealkylation sites (tertiary alicyclic amines) is 1. The molecule has 1 atom stereocenters. The van der Waals surface area contributed by atoms with Crippen LogP contribution < -0.4 is 14.8 Å². The number of ether oxygens (including phenoxy) is 2. The van der Waals surface area contributed by atoms with Crippen molar-refractivity contribution in [2.24, 2.45) is 10.9 Å². The first kappa shape index (κ1) is 18.8. The number of hydrogen-bond acceptors (Lipinski definition) is 4. The van der Waals surface area contributed by atoms with Crippen molar-refractivity contribution in [3.63, 3.8) is 0 Å². The van der Waals surface area contributed by atoms with Gasteiger partial charge in [0.1, 0.15) is 0 Å². The second kappa shape index (κ2) is 8.62. The minimum absolute atomic E-state index is 0.701. The Bertz CT molecular complexity index is 647. The van der Waals surface area contributed by atoms with Crippen LogP contribution in [0.25, 0.3) is 0 Å². The molecule has 1 aromatic rings. The van der Waals surface area contributed by atoms with E-state index in [0.29, 0.717) is 5.92 Å². The van der Waals surface area contributed by atoms with Crippen LogP contribution >= 0.6 is 0 Å². The van der Waals surface area contributed by atoms with Gasteiger partial charge in [0.15, 0.2) is 17.5 Å². The molecule has 1 aromatic carbocycles. The fraction of sp³-hybridized carbons (Fsp3) is 0.650. The largest absolute Gasteiger partial charge is 0.493 e. The molecule has 26 heavy (non-hydrogen) atoms. The minimum Gasteiger partial charge on any atom is -0.493 e. The molecule has 1 saturated heterocycles. The van der Waals surface area contributed by atoms with Crippen LogP contribution in [0.3, 0.4) is 0 Å². The number of nitrogens with zero attached hydrogens (tertiary/aromatic N) is 3. The van der Waals surface area contributed by atoms with Crippen LogP contribution in [0, 0.1) is 5.92 Å². The number of nitrogens with one attached hydrogen (secondary N) is 1. The molecule has 6 nitrogen and oxygen atoms in total. The summed E-state index contributed by atoms with van der Waals surface area (Å²) >= 11 is 0. The van der Waals surface area contributed by atoms with Gasteiger partial charge in [-0.25, -0.2) is 0 Å². The van der Waals surface area contributed by atoms with Gasteiger partial charge < -0.3 is 24.6 Å². The van der Waals surface area contributed by atoms with Crippen molar-refractivity contribution in [3.05, 3.63) is 23.3 Å². The predicted octanol–water partition coefficient (Wildman–Crippen LogP) is 1.98. The predicted molar refractivity (Wildman–Crippen MR) is 105 cm³/mol. The van der Waals surface area contributed by atoms with Gasteiger partial charge in [-0.2, -0.15) is 0 Å². The van der Waals surface area contributed by atoms with Crippen LogP contribution in [0.5, 0.6) is 11.5 Å². The Balaban J connectivity index is 1.64. The molecule has 0 amide bonds. The van der Waals surface area contributed by atoms with E-state index < -0.39 is 0 Å². The van der Waals surface area contributed by atoms with Crippen molar-refractivity contribution in [1.82, 2.24) is 15.1 Å². The highest BCUT2D eigenvalue weighted by atomic mass is 16.5. The number of rotatable bonds is 4. The normalized spacial score (nSPS) is 21.3. The maximum atomic E-state index is 5.47. The molecule has 144 valence electrons. The van der Waals surface area contributed by atoms with Crippen LogP contribution in [0.4, 0.5) is 0 Å². The van der Waals surface area contributed by atoms with Crippen LogP contribution in [-0.2, 0) is 13.0 Å². The van der Waals surface area contributed by atoms with Crippen molar-refractivity contribution in [2.45, 2.75) is 25.8 Å². The first-order valence-corrected chi connectivity index (χ1v) is 9.52. The highest BCUT2D eigenvalue weighted by Crippen LogP contribution is 2.33. The number of aliphatic imine (C=N–C) groups is 1. The van der Waals surface area contributed by atoms with Gasteiger partial charge in [0.2, 0.25) is 0 Å². The van der Waals surface area contributed by atoms with Gasteiger partial charge in [0.25, 0.3) is 0 Å². The van der Waals surface area contributed by atoms with Gasteiger partial charge in [-0.15, -0.1) is 0 Å². The third-order valence-electron chi connectivity index (χ3n) is 5.50. The molecule has 1 unspecified atom stereocenters. The van der Waals surface area contributed by atoms with Crippen LogP contribution in [0.2, 0.25) is 0 Å². The average Bonchev–Trinajstić information content (AvgIpc) is 2.67. The third kappa shape index (κ3) is 4.23. The lowest BCUT2D eigenvalue weighted by atomic mass is 9.98. The molecule has 3 rings (SSSR count). The molecular weight excluding hydrogens is 328 g/mol. The quantitative estimate of drug-likeness (QED) is 0.657. The lowest BCUT2D eigenvalue weighted by Crippen LogP contribution is -2.47. The van der Waals surface area contributed by atoms with E-state index in [4.69, 9.17) is 9.47 Å². The van der Waals surface area contributed by atoms with Crippen molar-refractivity contribution < 1.29 is 9.47 Å². The van der Waals surface area contributed by atoms with E-state index in [-0.39, 0.29) is 0 Å². The fourth-order valence-electron chi connectivity index (χ4n) is 4.07. The summed E-state index contributed by atoms with van der Waals surface area (Å²) in [5, 5.41) is 3.60. The summed E-state index contributed by atoms with van der Waals surface area (Å²) in [4.78, 5) is 9.29. The van der Waals surface area contributed by atoms with E-state index in [1.165, 1.54) is 37.1 Å². The van der Waals surface area contributed by atoms with Gasteiger partial charge in [-0.05, 0) is 62.0 Å². The molecule has 2 aliphatic heterocycles. The third-order valence-corrected chi connectivity index (χ3v) is 5.50. The second-order valence-corrected chi connectivity index (χ2v) is 7.35. The summed E-state index contributed by atoms with van der Waals surface area (Å²) in [5.41, 5.74) is 2.62. The minimum atomic E-state index is 0.701. The van der Waals surface area contributed by atoms with Crippen molar-refractivity contribution in [1.29, 1.82) is 0 Å². The Morgan fingerprint density at radius 2 is 1.92 bits per heavy atom. The van der Waals surface area contributed by atoms with E-state index in [1.54, 1.807) is 14.2 Å². The molecule has 2 aliphatic rings. The smallest absolute Gasteiger partial charge is 0.193 e. The number of fused-ring (bicyclic) bond motifs is 1. The van der Waals surface area contributed by atoms with Crippen molar-refractivity contribution >= 4 is 5.96 Å². The highest BCUT2D eigenvalue weighted by Gasteiger charge is 2.23. The molecule has 1 fully saturated rings. The van der Waals surface area contributed by atoms with Crippen molar-refractivity contribution in [3.8, 4) is 11.5 Å². The average molecular weight is 361 g/mol. The topological polar surface area (TPSA) is 49.3 Å². The Hall–Kier alpha value is -1.95. The molecule has 1 N–H and O–H groups in total. The summed E-state index contributed by atoms with van der Waals surface area (Å²) in [6, 6.07) is 4.21. The van der Waals surface area contributed by atoms with E-state index in [1.807, 2.05) is 7.05 Å². The van der Waals surface area contributed by atoms with Crippen molar-refractivity contribution in [2.75, 3.05) is 54.5 Å². The molecule has 0 radical (unpaired) electrons. The summed E-state index contributed by atoms with van der Waals surface area (Å²) in [6.07, 6.45) is 3.58. The monoisotopic (exact) mass is 360 g/mol.